The number of anilines is 1. The van der Waals surface area contributed by atoms with Gasteiger partial charge in [-0.1, -0.05) is 12.1 Å². The summed E-state index contributed by atoms with van der Waals surface area (Å²) < 4.78 is 13.2. The van der Waals surface area contributed by atoms with Gasteiger partial charge in [-0.2, -0.15) is 0 Å². The van der Waals surface area contributed by atoms with E-state index in [2.05, 4.69) is 20.4 Å². The molecule has 33 heavy (non-hydrogen) atoms. The van der Waals surface area contributed by atoms with Gasteiger partial charge in [0, 0.05) is 44.0 Å². The van der Waals surface area contributed by atoms with Crippen LogP contribution in [0.25, 0.3) is 0 Å². The molecule has 178 valence electrons. The number of halogens is 2. The summed E-state index contributed by atoms with van der Waals surface area (Å²) >= 11 is 0. The maximum atomic E-state index is 13.2. The number of aliphatic imine (C=N–C) groups is 1. The number of primary amides is 1. The van der Waals surface area contributed by atoms with Crippen molar-refractivity contribution >= 4 is 47.4 Å². The second kappa shape index (κ2) is 13.0. The SMILES string of the molecule is CCNC(=NCc1ccc(C(=O)NCC(N)=O)cc1)N1CCN(c2ccc(F)cc2)CC1.I. The summed E-state index contributed by atoms with van der Waals surface area (Å²) in [6.07, 6.45) is 0. The molecule has 1 fully saturated rings. The lowest BCUT2D eigenvalue weighted by Gasteiger charge is -2.37. The summed E-state index contributed by atoms with van der Waals surface area (Å²) in [5.41, 5.74) is 7.50. The first-order valence-corrected chi connectivity index (χ1v) is 10.7. The first-order chi connectivity index (χ1) is 15.5. The molecular formula is C23H30FIN6O2. The molecule has 2 amide bonds. The van der Waals surface area contributed by atoms with Gasteiger partial charge in [-0.05, 0) is 48.9 Å². The maximum absolute atomic E-state index is 13.2. The Hall–Kier alpha value is -2.89. The Morgan fingerprint density at radius 2 is 1.64 bits per heavy atom. The molecule has 0 spiro atoms. The Morgan fingerprint density at radius 1 is 1.00 bits per heavy atom. The zero-order valence-corrected chi connectivity index (χ0v) is 20.9. The molecule has 2 aromatic rings. The summed E-state index contributed by atoms with van der Waals surface area (Å²) in [6.45, 7) is 6.34. The molecule has 0 saturated carbocycles. The molecule has 1 aliphatic heterocycles. The lowest BCUT2D eigenvalue weighted by molar-refractivity contribution is -0.117. The van der Waals surface area contributed by atoms with Crippen LogP contribution in [0, 0.1) is 5.82 Å². The molecule has 0 unspecified atom stereocenters. The number of rotatable bonds is 7. The number of hydrogen-bond donors (Lipinski definition) is 3. The normalized spacial score (nSPS) is 13.8. The summed E-state index contributed by atoms with van der Waals surface area (Å²) in [4.78, 5) is 32.0. The van der Waals surface area contributed by atoms with Crippen LogP contribution in [0.2, 0.25) is 0 Å². The largest absolute Gasteiger partial charge is 0.368 e. The Bertz CT molecular complexity index is 944. The quantitative estimate of drug-likeness (QED) is 0.269. The van der Waals surface area contributed by atoms with E-state index >= 15 is 0 Å². The number of hydrogen-bond acceptors (Lipinski definition) is 4. The monoisotopic (exact) mass is 568 g/mol. The highest BCUT2D eigenvalue weighted by Crippen LogP contribution is 2.17. The van der Waals surface area contributed by atoms with Crippen molar-refractivity contribution in [1.29, 1.82) is 0 Å². The molecule has 0 bridgehead atoms. The number of amides is 2. The minimum absolute atomic E-state index is 0. The van der Waals surface area contributed by atoms with Gasteiger partial charge in [-0.3, -0.25) is 9.59 Å². The lowest BCUT2D eigenvalue weighted by atomic mass is 10.1. The molecule has 0 aliphatic carbocycles. The van der Waals surface area contributed by atoms with Crippen molar-refractivity contribution in [2.24, 2.45) is 10.7 Å². The maximum Gasteiger partial charge on any atom is 0.251 e. The van der Waals surface area contributed by atoms with Crippen LogP contribution < -0.4 is 21.3 Å². The van der Waals surface area contributed by atoms with Crippen LogP contribution in [0.1, 0.15) is 22.8 Å². The average Bonchev–Trinajstić information content (AvgIpc) is 2.81. The number of nitrogens with two attached hydrogens (primary N) is 1. The van der Waals surface area contributed by atoms with Crippen molar-refractivity contribution in [1.82, 2.24) is 15.5 Å². The van der Waals surface area contributed by atoms with E-state index in [0.29, 0.717) is 12.1 Å². The highest BCUT2D eigenvalue weighted by atomic mass is 127. The van der Waals surface area contributed by atoms with Crippen molar-refractivity contribution in [3.8, 4) is 0 Å². The summed E-state index contributed by atoms with van der Waals surface area (Å²) in [5.74, 6) is -0.312. The van der Waals surface area contributed by atoms with Crippen molar-refractivity contribution in [3.05, 3.63) is 65.5 Å². The van der Waals surface area contributed by atoms with E-state index in [4.69, 9.17) is 10.7 Å². The number of nitrogens with one attached hydrogen (secondary N) is 2. The third-order valence-electron chi connectivity index (χ3n) is 5.16. The first kappa shape index (κ1) is 26.4. The summed E-state index contributed by atoms with van der Waals surface area (Å²) in [6, 6.07) is 13.7. The van der Waals surface area contributed by atoms with E-state index in [-0.39, 0.29) is 42.2 Å². The third-order valence-corrected chi connectivity index (χ3v) is 5.16. The molecule has 1 heterocycles. The molecule has 4 N–H and O–H groups in total. The number of carbonyl (C=O) groups is 2. The smallest absolute Gasteiger partial charge is 0.251 e. The van der Waals surface area contributed by atoms with Crippen LogP contribution in [0.3, 0.4) is 0 Å². The number of carbonyl (C=O) groups excluding carboxylic acids is 2. The van der Waals surface area contributed by atoms with Crippen LogP contribution in [0.4, 0.5) is 10.1 Å². The van der Waals surface area contributed by atoms with Gasteiger partial charge in [-0.15, -0.1) is 24.0 Å². The molecular weight excluding hydrogens is 538 g/mol. The molecule has 0 radical (unpaired) electrons. The molecule has 3 rings (SSSR count). The van der Waals surface area contributed by atoms with Crippen LogP contribution in [-0.4, -0.2) is 61.9 Å². The highest BCUT2D eigenvalue weighted by molar-refractivity contribution is 14.0. The Labute approximate surface area is 210 Å². The lowest BCUT2D eigenvalue weighted by Crippen LogP contribution is -2.52. The fourth-order valence-corrected chi connectivity index (χ4v) is 3.45. The van der Waals surface area contributed by atoms with Gasteiger partial charge in [-0.25, -0.2) is 9.38 Å². The van der Waals surface area contributed by atoms with Gasteiger partial charge in [0.15, 0.2) is 5.96 Å². The van der Waals surface area contributed by atoms with E-state index in [1.165, 1.54) is 12.1 Å². The second-order valence-electron chi connectivity index (χ2n) is 7.47. The Kier molecular flexibility index (Phi) is 10.4. The zero-order chi connectivity index (χ0) is 22.9. The van der Waals surface area contributed by atoms with Crippen molar-refractivity contribution in [2.75, 3.05) is 44.2 Å². The van der Waals surface area contributed by atoms with Crippen molar-refractivity contribution in [2.45, 2.75) is 13.5 Å². The third kappa shape index (κ3) is 7.88. The standard InChI is InChI=1S/C23H29FN6O2.HI/c1-2-26-23(30-13-11-29(12-14-30)20-9-7-19(24)8-10-20)28-15-17-3-5-18(6-4-17)22(32)27-16-21(25)31;/h3-10H,2,11-16H2,1H3,(H2,25,31)(H,26,28)(H,27,32);1H. The van der Waals surface area contributed by atoms with Crippen LogP contribution in [0.15, 0.2) is 53.5 Å². The van der Waals surface area contributed by atoms with Gasteiger partial charge in [0.2, 0.25) is 5.91 Å². The minimum atomic E-state index is -0.584. The minimum Gasteiger partial charge on any atom is -0.368 e. The molecule has 1 saturated heterocycles. The Morgan fingerprint density at radius 3 is 2.21 bits per heavy atom. The molecule has 2 aromatic carbocycles. The van der Waals surface area contributed by atoms with Gasteiger partial charge >= 0.3 is 0 Å². The zero-order valence-electron chi connectivity index (χ0n) is 18.6. The van der Waals surface area contributed by atoms with E-state index in [9.17, 15) is 14.0 Å². The number of guanidine groups is 1. The molecule has 0 aromatic heterocycles. The van der Waals surface area contributed by atoms with Gasteiger partial charge in [0.25, 0.3) is 5.91 Å². The summed E-state index contributed by atoms with van der Waals surface area (Å²) in [7, 11) is 0. The number of benzene rings is 2. The van der Waals surface area contributed by atoms with Crippen LogP contribution >= 0.6 is 24.0 Å². The fourth-order valence-electron chi connectivity index (χ4n) is 3.45. The predicted octanol–water partition coefficient (Wildman–Crippen LogP) is 1.95. The molecule has 0 atom stereocenters. The average molecular weight is 568 g/mol. The van der Waals surface area contributed by atoms with E-state index < -0.39 is 5.91 Å². The van der Waals surface area contributed by atoms with E-state index in [1.807, 2.05) is 31.2 Å². The molecule has 8 nitrogen and oxygen atoms in total. The van der Waals surface area contributed by atoms with Gasteiger partial charge in [0.1, 0.15) is 5.82 Å². The predicted molar refractivity (Wildman–Crippen MR) is 138 cm³/mol. The van der Waals surface area contributed by atoms with Crippen LogP contribution in [0.5, 0.6) is 0 Å². The fraction of sp³-hybridized carbons (Fsp3) is 0.348. The van der Waals surface area contributed by atoms with Crippen LogP contribution in [-0.2, 0) is 11.3 Å². The van der Waals surface area contributed by atoms with E-state index in [1.54, 1.807) is 12.1 Å². The van der Waals surface area contributed by atoms with Crippen molar-refractivity contribution < 1.29 is 14.0 Å². The Balaban J connectivity index is 0.00000385. The topological polar surface area (TPSA) is 103 Å². The van der Waals surface area contributed by atoms with Gasteiger partial charge in [0.05, 0.1) is 13.1 Å². The van der Waals surface area contributed by atoms with E-state index in [0.717, 1.165) is 49.9 Å². The first-order valence-electron chi connectivity index (χ1n) is 10.7. The highest BCUT2D eigenvalue weighted by Gasteiger charge is 2.20. The molecule has 10 heteroatoms. The summed E-state index contributed by atoms with van der Waals surface area (Å²) in [5, 5.41) is 5.81. The molecule has 1 aliphatic rings. The second-order valence-corrected chi connectivity index (χ2v) is 7.47. The number of piperazine rings is 1. The number of nitrogens with zero attached hydrogens (tertiary/aromatic N) is 3. The van der Waals surface area contributed by atoms with Crippen molar-refractivity contribution in [3.63, 3.8) is 0 Å². The van der Waals surface area contributed by atoms with Gasteiger partial charge < -0.3 is 26.2 Å².